The molecule has 0 saturated heterocycles. The van der Waals surface area contributed by atoms with Crippen LogP contribution in [0.25, 0.3) is 10.9 Å². The normalized spacial score (nSPS) is 13.7. The van der Waals surface area contributed by atoms with Crippen molar-refractivity contribution in [3.63, 3.8) is 0 Å². The maximum absolute atomic E-state index is 12.8. The first-order valence-electron chi connectivity index (χ1n) is 8.24. The lowest BCUT2D eigenvalue weighted by Gasteiger charge is -2.26. The molecule has 3 aromatic rings. The first kappa shape index (κ1) is 18.4. The smallest absolute Gasteiger partial charge is 0.291 e. The fourth-order valence-corrected chi connectivity index (χ4v) is 4.44. The predicted molar refractivity (Wildman–Crippen MR) is 107 cm³/mol. The number of nitrogens with zero attached hydrogens (tertiary/aromatic N) is 3. The molecule has 0 spiro atoms. The molecule has 0 bridgehead atoms. The van der Waals surface area contributed by atoms with Crippen LogP contribution in [0.2, 0.25) is 10.0 Å². The van der Waals surface area contributed by atoms with E-state index in [2.05, 4.69) is 15.0 Å². The van der Waals surface area contributed by atoms with Crippen LogP contribution in [0.1, 0.15) is 21.9 Å². The number of fused-ring (bicyclic) bond motifs is 3. The van der Waals surface area contributed by atoms with E-state index < -0.39 is 0 Å². The highest BCUT2D eigenvalue weighted by molar-refractivity contribution is 7.98. The number of carbonyl (C=O) groups is 1. The number of H-pyrrole nitrogens is 1. The second-order valence-electron chi connectivity index (χ2n) is 6.13. The highest BCUT2D eigenvalue weighted by atomic mass is 35.5. The molecule has 1 aliphatic heterocycles. The molecule has 0 unspecified atom stereocenters. The Balaban J connectivity index is 1.71. The zero-order valence-corrected chi connectivity index (χ0v) is 17.0. The number of benzene rings is 1. The third-order valence-electron chi connectivity index (χ3n) is 4.67. The van der Waals surface area contributed by atoms with Crippen molar-refractivity contribution in [2.45, 2.75) is 17.9 Å². The molecule has 0 radical (unpaired) electrons. The molecule has 0 fully saturated rings. The van der Waals surface area contributed by atoms with Crippen molar-refractivity contribution in [2.75, 3.05) is 19.9 Å². The highest BCUT2D eigenvalue weighted by Gasteiger charge is 2.28. The third-order valence-corrected chi connectivity index (χ3v) is 6.22. The molecule has 1 aliphatic rings. The number of aromatic nitrogens is 3. The van der Waals surface area contributed by atoms with E-state index in [1.54, 1.807) is 16.7 Å². The first-order chi connectivity index (χ1) is 13.0. The van der Waals surface area contributed by atoms with Crippen LogP contribution >= 0.6 is 35.0 Å². The van der Waals surface area contributed by atoms with Crippen molar-refractivity contribution in [3.05, 3.63) is 45.6 Å². The number of halogens is 2. The van der Waals surface area contributed by atoms with Crippen molar-refractivity contribution in [3.8, 4) is 5.75 Å². The summed E-state index contributed by atoms with van der Waals surface area (Å²) in [5.41, 5.74) is 2.98. The van der Waals surface area contributed by atoms with Crippen LogP contribution < -0.4 is 4.74 Å². The molecule has 0 saturated carbocycles. The molecule has 0 aliphatic carbocycles. The van der Waals surface area contributed by atoms with Gasteiger partial charge < -0.3 is 14.6 Å². The zero-order valence-electron chi connectivity index (χ0n) is 14.7. The van der Waals surface area contributed by atoms with Crippen LogP contribution in [0, 0.1) is 0 Å². The number of hydrogen-bond donors (Lipinski definition) is 1. The van der Waals surface area contributed by atoms with E-state index in [0.29, 0.717) is 35.3 Å². The summed E-state index contributed by atoms with van der Waals surface area (Å²) >= 11 is 14.3. The van der Waals surface area contributed by atoms with E-state index in [1.807, 2.05) is 12.3 Å². The van der Waals surface area contributed by atoms with Gasteiger partial charge in [0.1, 0.15) is 0 Å². The van der Waals surface area contributed by atoms with Crippen LogP contribution in [0.4, 0.5) is 0 Å². The molecular formula is C18H16Cl2N4O2S. The average molecular weight is 423 g/mol. The van der Waals surface area contributed by atoms with E-state index in [0.717, 1.165) is 27.1 Å². The number of amides is 1. The van der Waals surface area contributed by atoms with Crippen molar-refractivity contribution in [1.29, 1.82) is 0 Å². The quantitative estimate of drug-likeness (QED) is 0.640. The number of rotatable bonds is 3. The Labute approximate surface area is 170 Å². The Bertz CT molecular complexity index is 1040. The largest absolute Gasteiger partial charge is 0.494 e. The number of carbonyl (C=O) groups excluding carboxylic acids is 1. The molecule has 140 valence electrons. The van der Waals surface area contributed by atoms with Gasteiger partial charge in [0.25, 0.3) is 5.91 Å². The van der Waals surface area contributed by atoms with Crippen molar-refractivity contribution >= 4 is 51.8 Å². The van der Waals surface area contributed by atoms with E-state index in [9.17, 15) is 4.79 Å². The van der Waals surface area contributed by atoms with Gasteiger partial charge >= 0.3 is 0 Å². The molecule has 1 amide bonds. The maximum atomic E-state index is 12.8. The molecule has 9 heteroatoms. The molecule has 4 rings (SSSR count). The van der Waals surface area contributed by atoms with Gasteiger partial charge in [0.15, 0.2) is 5.75 Å². The minimum Gasteiger partial charge on any atom is -0.494 e. The van der Waals surface area contributed by atoms with Gasteiger partial charge in [-0.15, -0.1) is 11.8 Å². The van der Waals surface area contributed by atoms with Crippen molar-refractivity contribution < 1.29 is 9.53 Å². The number of thioether (sulfide) groups is 1. The Morgan fingerprint density at radius 2 is 2.07 bits per heavy atom. The predicted octanol–water partition coefficient (Wildman–Crippen LogP) is 4.19. The van der Waals surface area contributed by atoms with Crippen molar-refractivity contribution in [2.24, 2.45) is 0 Å². The van der Waals surface area contributed by atoms with Crippen LogP contribution in [-0.2, 0) is 13.0 Å². The van der Waals surface area contributed by atoms with Crippen LogP contribution in [0.15, 0.2) is 23.4 Å². The lowest BCUT2D eigenvalue weighted by molar-refractivity contribution is 0.0722. The summed E-state index contributed by atoms with van der Waals surface area (Å²) in [7, 11) is 1.53. The summed E-state index contributed by atoms with van der Waals surface area (Å²) in [5.74, 6) is 0.467. The number of nitrogens with one attached hydrogen (secondary N) is 1. The van der Waals surface area contributed by atoms with Gasteiger partial charge in [0.2, 0.25) is 5.82 Å². The Kier molecular flexibility index (Phi) is 4.92. The van der Waals surface area contributed by atoms with Crippen molar-refractivity contribution in [1.82, 2.24) is 19.9 Å². The van der Waals surface area contributed by atoms with Crippen LogP contribution in [0.5, 0.6) is 5.75 Å². The minimum absolute atomic E-state index is 0.158. The Morgan fingerprint density at radius 1 is 1.33 bits per heavy atom. The lowest BCUT2D eigenvalue weighted by Crippen LogP contribution is -2.36. The Morgan fingerprint density at radius 3 is 2.74 bits per heavy atom. The van der Waals surface area contributed by atoms with Crippen LogP contribution in [-0.4, -0.2) is 45.7 Å². The standard InChI is InChI=1S/C18H16Cl2N4O2S/c1-26-9-6-21-17(22-7-9)18(25)24-4-3-12-10(8-24)14-13(27-2)5-11(19)15(20)16(14)23-12/h5-7,23H,3-4,8H2,1-2H3. The molecule has 27 heavy (non-hydrogen) atoms. The first-order valence-corrected chi connectivity index (χ1v) is 10.2. The summed E-state index contributed by atoms with van der Waals surface area (Å²) in [6, 6.07) is 1.87. The number of methoxy groups -OCH3 is 1. The second-order valence-corrected chi connectivity index (χ2v) is 7.76. The van der Waals surface area contributed by atoms with E-state index in [1.165, 1.54) is 19.5 Å². The van der Waals surface area contributed by atoms with Gasteiger partial charge in [0.05, 0.1) is 35.1 Å². The highest BCUT2D eigenvalue weighted by Crippen LogP contribution is 2.41. The van der Waals surface area contributed by atoms with E-state index >= 15 is 0 Å². The zero-order chi connectivity index (χ0) is 19.1. The van der Waals surface area contributed by atoms with E-state index in [4.69, 9.17) is 27.9 Å². The second kappa shape index (κ2) is 7.22. The van der Waals surface area contributed by atoms with Gasteiger partial charge in [-0.1, -0.05) is 23.2 Å². The molecule has 1 aromatic carbocycles. The van der Waals surface area contributed by atoms with Gasteiger partial charge in [-0.25, -0.2) is 9.97 Å². The number of ether oxygens (including phenoxy) is 1. The minimum atomic E-state index is -0.205. The van der Waals surface area contributed by atoms with E-state index in [-0.39, 0.29) is 11.7 Å². The van der Waals surface area contributed by atoms with Gasteiger partial charge in [-0.05, 0) is 12.3 Å². The fraction of sp³-hybridized carbons (Fsp3) is 0.278. The van der Waals surface area contributed by atoms with Gasteiger partial charge in [-0.2, -0.15) is 0 Å². The monoisotopic (exact) mass is 422 g/mol. The summed E-state index contributed by atoms with van der Waals surface area (Å²) in [6.07, 6.45) is 5.69. The van der Waals surface area contributed by atoms with Crippen LogP contribution in [0.3, 0.4) is 0 Å². The Hall–Kier alpha value is -1.96. The average Bonchev–Trinajstić information content (AvgIpc) is 3.09. The molecule has 1 N–H and O–H groups in total. The summed E-state index contributed by atoms with van der Waals surface area (Å²) < 4.78 is 5.05. The van der Waals surface area contributed by atoms with Gasteiger partial charge in [0, 0.05) is 41.0 Å². The lowest BCUT2D eigenvalue weighted by atomic mass is 10.0. The summed E-state index contributed by atoms with van der Waals surface area (Å²) in [4.78, 5) is 27.3. The maximum Gasteiger partial charge on any atom is 0.291 e. The van der Waals surface area contributed by atoms with Gasteiger partial charge in [-0.3, -0.25) is 4.79 Å². The third kappa shape index (κ3) is 3.13. The molecule has 3 heterocycles. The molecular weight excluding hydrogens is 407 g/mol. The summed E-state index contributed by atoms with van der Waals surface area (Å²) in [5, 5.41) is 2.06. The molecule has 0 atom stereocenters. The summed E-state index contributed by atoms with van der Waals surface area (Å²) in [6.45, 7) is 1.04. The molecule has 6 nitrogen and oxygen atoms in total. The topological polar surface area (TPSA) is 71.1 Å². The molecule has 2 aromatic heterocycles. The number of aromatic amines is 1. The SMILES string of the molecule is COc1cnc(C(=O)N2CCc3[nH]c4c(Cl)c(Cl)cc(SC)c4c3C2)nc1. The number of hydrogen-bond acceptors (Lipinski definition) is 5. The fourth-order valence-electron chi connectivity index (χ4n) is 3.31.